The molecule has 0 aliphatic carbocycles. The molecule has 1 saturated heterocycles. The third-order valence-electron chi connectivity index (χ3n) is 7.57. The van der Waals surface area contributed by atoms with Gasteiger partial charge >= 0.3 is 0 Å². The van der Waals surface area contributed by atoms with Crippen molar-refractivity contribution in [2.24, 2.45) is 0 Å². The van der Waals surface area contributed by atoms with Crippen LogP contribution in [0.4, 0.5) is 11.5 Å². The number of fused-ring (bicyclic) bond motifs is 2. The summed E-state index contributed by atoms with van der Waals surface area (Å²) in [6.07, 6.45) is 11.2. The van der Waals surface area contributed by atoms with Gasteiger partial charge in [-0.25, -0.2) is 0 Å². The van der Waals surface area contributed by atoms with Crippen LogP contribution in [-0.4, -0.2) is 58.2 Å². The molecule has 4 heterocycles. The molecule has 1 amide bonds. The lowest BCUT2D eigenvalue weighted by Crippen LogP contribution is -2.37. The highest BCUT2D eigenvalue weighted by Gasteiger charge is 2.33. The van der Waals surface area contributed by atoms with Gasteiger partial charge in [-0.05, 0) is 49.4 Å². The molecule has 0 bridgehead atoms. The van der Waals surface area contributed by atoms with Gasteiger partial charge in [-0.3, -0.25) is 9.48 Å². The molecule has 7 heteroatoms. The van der Waals surface area contributed by atoms with Gasteiger partial charge in [-0.2, -0.15) is 10.4 Å². The van der Waals surface area contributed by atoms with Crippen LogP contribution in [0.25, 0.3) is 0 Å². The number of piperidine rings is 1. The number of nitrogens with zero attached hydrogens (tertiary/aromatic N) is 6. The lowest BCUT2D eigenvalue weighted by molar-refractivity contribution is -0.129. The maximum absolute atomic E-state index is 12.2. The number of likely N-dealkylation sites (tertiary alicyclic amines) is 1. The predicted octanol–water partition coefficient (Wildman–Crippen LogP) is 3.40. The van der Waals surface area contributed by atoms with E-state index in [-0.39, 0.29) is 5.91 Å². The van der Waals surface area contributed by atoms with Crippen LogP contribution in [0.3, 0.4) is 0 Å². The van der Waals surface area contributed by atoms with Gasteiger partial charge in [0.25, 0.3) is 0 Å². The summed E-state index contributed by atoms with van der Waals surface area (Å²) in [5.41, 5.74) is 5.52. The number of terminal acetylenes is 1. The van der Waals surface area contributed by atoms with E-state index in [9.17, 15) is 10.1 Å². The fraction of sp³-hybridized carbons (Fsp3) is 0.519. The molecule has 34 heavy (non-hydrogen) atoms. The van der Waals surface area contributed by atoms with Crippen LogP contribution in [0.1, 0.15) is 61.0 Å². The number of hydrogen-bond acceptors (Lipinski definition) is 5. The van der Waals surface area contributed by atoms with Crippen molar-refractivity contribution in [3.8, 4) is 18.4 Å². The van der Waals surface area contributed by atoms with E-state index in [2.05, 4.69) is 32.5 Å². The summed E-state index contributed by atoms with van der Waals surface area (Å²) in [4.78, 5) is 18.9. The summed E-state index contributed by atoms with van der Waals surface area (Å²) in [5.74, 6) is 3.85. The Morgan fingerprint density at radius 3 is 2.76 bits per heavy atom. The molecule has 5 rings (SSSR count). The van der Waals surface area contributed by atoms with Crippen LogP contribution >= 0.6 is 0 Å². The number of rotatable bonds is 4. The second-order valence-corrected chi connectivity index (χ2v) is 9.62. The minimum atomic E-state index is 0.115. The van der Waals surface area contributed by atoms with E-state index in [1.54, 1.807) is 6.92 Å². The molecule has 0 saturated carbocycles. The summed E-state index contributed by atoms with van der Waals surface area (Å²) in [5, 5.41) is 14.6. The number of carbonyl (C=O) groups is 1. The summed E-state index contributed by atoms with van der Waals surface area (Å²) < 4.78 is 2.29. The summed E-state index contributed by atoms with van der Waals surface area (Å²) >= 11 is 0. The number of aryl methyl sites for hydroxylation is 1. The topological polar surface area (TPSA) is 68.4 Å². The van der Waals surface area contributed by atoms with Gasteiger partial charge in [0, 0.05) is 69.4 Å². The van der Waals surface area contributed by atoms with Crippen LogP contribution in [0.15, 0.2) is 18.2 Å². The molecule has 1 aromatic heterocycles. The fourth-order valence-electron chi connectivity index (χ4n) is 5.71. The van der Waals surface area contributed by atoms with Gasteiger partial charge in [0.1, 0.15) is 0 Å². The summed E-state index contributed by atoms with van der Waals surface area (Å²) in [7, 11) is 0. The Balaban J connectivity index is 1.49. The third-order valence-corrected chi connectivity index (χ3v) is 7.57. The average molecular weight is 457 g/mol. The highest BCUT2D eigenvalue weighted by molar-refractivity contribution is 5.75. The number of anilines is 2. The van der Waals surface area contributed by atoms with E-state index in [1.165, 1.54) is 16.8 Å². The first kappa shape index (κ1) is 22.5. The monoisotopic (exact) mass is 456 g/mol. The van der Waals surface area contributed by atoms with Crippen molar-refractivity contribution in [2.75, 3.05) is 37.6 Å². The zero-order valence-corrected chi connectivity index (χ0v) is 20.0. The highest BCUT2D eigenvalue weighted by atomic mass is 16.2. The van der Waals surface area contributed by atoms with E-state index in [0.717, 1.165) is 82.8 Å². The van der Waals surface area contributed by atoms with Gasteiger partial charge < -0.3 is 14.7 Å². The molecule has 7 nitrogen and oxygen atoms in total. The van der Waals surface area contributed by atoms with E-state index in [0.29, 0.717) is 18.2 Å². The lowest BCUT2D eigenvalue weighted by Gasteiger charge is -2.33. The SMILES string of the molecule is C#CCCN1CCC(n2nc(N3CCCc4cc(C#N)ccc43)c3c2CCN(C(C)=O)C3)CC1. The minimum Gasteiger partial charge on any atom is -0.338 e. The molecule has 0 radical (unpaired) electrons. The van der Waals surface area contributed by atoms with Gasteiger partial charge in [-0.1, -0.05) is 0 Å². The second-order valence-electron chi connectivity index (χ2n) is 9.62. The largest absolute Gasteiger partial charge is 0.338 e. The van der Waals surface area contributed by atoms with Gasteiger partial charge in [0.05, 0.1) is 24.2 Å². The van der Waals surface area contributed by atoms with Gasteiger partial charge in [0.2, 0.25) is 5.91 Å². The number of aromatic nitrogens is 2. The quantitative estimate of drug-likeness (QED) is 0.660. The Morgan fingerprint density at radius 2 is 2.03 bits per heavy atom. The van der Waals surface area contributed by atoms with Crippen LogP contribution in [0, 0.1) is 23.7 Å². The van der Waals surface area contributed by atoms with Crippen molar-refractivity contribution < 1.29 is 4.79 Å². The van der Waals surface area contributed by atoms with Crippen LogP contribution < -0.4 is 4.90 Å². The van der Waals surface area contributed by atoms with Crippen LogP contribution in [0.5, 0.6) is 0 Å². The summed E-state index contributed by atoms with van der Waals surface area (Å²) in [6.45, 7) is 6.96. The maximum atomic E-state index is 12.2. The predicted molar refractivity (Wildman–Crippen MR) is 132 cm³/mol. The molecule has 2 aromatic rings. The highest BCUT2D eigenvalue weighted by Crippen LogP contribution is 2.39. The first-order chi connectivity index (χ1) is 16.6. The standard InChI is InChI=1S/C27H32N6O/c1-3-4-12-30-14-9-23(10-15-30)33-26-11-16-31(20(2)34)19-24(26)27(29-33)32-13-5-6-22-17-21(18-28)7-8-25(22)32/h1,7-8,17,23H,4-6,9-16,19H2,2H3. The van der Waals surface area contributed by atoms with Crippen molar-refractivity contribution in [1.29, 1.82) is 5.26 Å². The van der Waals surface area contributed by atoms with Crippen molar-refractivity contribution in [1.82, 2.24) is 19.6 Å². The van der Waals surface area contributed by atoms with Crippen molar-refractivity contribution in [3.05, 3.63) is 40.6 Å². The van der Waals surface area contributed by atoms with Gasteiger partial charge in [-0.15, -0.1) is 12.3 Å². The van der Waals surface area contributed by atoms with E-state index in [4.69, 9.17) is 11.5 Å². The molecule has 0 unspecified atom stereocenters. The first-order valence-corrected chi connectivity index (χ1v) is 12.4. The van der Waals surface area contributed by atoms with Gasteiger partial charge in [0.15, 0.2) is 5.82 Å². The molecule has 3 aliphatic heterocycles. The number of nitriles is 1. The molecule has 0 N–H and O–H groups in total. The first-order valence-electron chi connectivity index (χ1n) is 12.4. The van der Waals surface area contributed by atoms with E-state index >= 15 is 0 Å². The minimum absolute atomic E-state index is 0.115. The zero-order valence-electron chi connectivity index (χ0n) is 20.0. The molecule has 0 spiro atoms. The Morgan fingerprint density at radius 1 is 1.21 bits per heavy atom. The smallest absolute Gasteiger partial charge is 0.219 e. The average Bonchev–Trinajstić information content (AvgIpc) is 3.25. The number of carbonyl (C=O) groups excluding carboxylic acids is 1. The molecular weight excluding hydrogens is 424 g/mol. The molecule has 0 atom stereocenters. The zero-order chi connectivity index (χ0) is 23.7. The molecule has 1 fully saturated rings. The Kier molecular flexibility index (Phi) is 6.30. The summed E-state index contributed by atoms with van der Waals surface area (Å²) in [6, 6.07) is 8.61. The molecular formula is C27H32N6O. The third kappa shape index (κ3) is 4.17. The number of amides is 1. The fourth-order valence-corrected chi connectivity index (χ4v) is 5.71. The Hall–Kier alpha value is -3.29. The second kappa shape index (κ2) is 9.52. The van der Waals surface area contributed by atoms with Crippen molar-refractivity contribution in [2.45, 2.75) is 58.0 Å². The molecule has 3 aliphatic rings. The van der Waals surface area contributed by atoms with Crippen LogP contribution in [-0.2, 0) is 24.2 Å². The normalized spacial score (nSPS) is 18.7. The Labute approximate surface area is 201 Å². The van der Waals surface area contributed by atoms with E-state index in [1.807, 2.05) is 17.0 Å². The maximum Gasteiger partial charge on any atom is 0.219 e. The lowest BCUT2D eigenvalue weighted by atomic mass is 9.98. The van der Waals surface area contributed by atoms with Crippen molar-refractivity contribution >= 4 is 17.4 Å². The number of hydrogen-bond donors (Lipinski definition) is 0. The molecule has 176 valence electrons. The van der Waals surface area contributed by atoms with Crippen LogP contribution in [0.2, 0.25) is 0 Å². The molecule has 1 aromatic carbocycles. The Bertz CT molecular complexity index is 1160. The number of benzene rings is 1. The van der Waals surface area contributed by atoms with Crippen molar-refractivity contribution in [3.63, 3.8) is 0 Å². The van der Waals surface area contributed by atoms with E-state index < -0.39 is 0 Å².